The number of rotatable bonds is 5. The fourth-order valence-corrected chi connectivity index (χ4v) is 2.66. The van der Waals surface area contributed by atoms with E-state index in [4.69, 9.17) is 11.5 Å². The molecular weight excluding hydrogens is 230 g/mol. The molecule has 0 saturated heterocycles. The van der Waals surface area contributed by atoms with Crippen molar-refractivity contribution in [3.05, 3.63) is 0 Å². The van der Waals surface area contributed by atoms with Crippen LogP contribution in [0.2, 0.25) is 0 Å². The van der Waals surface area contributed by atoms with E-state index in [0.717, 1.165) is 25.7 Å². The molecule has 0 aromatic heterocycles. The van der Waals surface area contributed by atoms with Crippen LogP contribution in [0.5, 0.6) is 0 Å². The molecule has 2 amide bonds. The number of primary amides is 1. The van der Waals surface area contributed by atoms with Gasteiger partial charge in [-0.2, -0.15) is 0 Å². The van der Waals surface area contributed by atoms with Gasteiger partial charge in [0.05, 0.1) is 0 Å². The highest BCUT2D eigenvalue weighted by Gasteiger charge is 2.29. The summed E-state index contributed by atoms with van der Waals surface area (Å²) in [4.78, 5) is 22.8. The predicted octanol–water partition coefficient (Wildman–Crippen LogP) is 0.520. The van der Waals surface area contributed by atoms with E-state index < -0.39 is 5.91 Å². The molecule has 1 saturated carbocycles. The molecule has 104 valence electrons. The molecule has 18 heavy (non-hydrogen) atoms. The van der Waals surface area contributed by atoms with E-state index in [1.165, 1.54) is 0 Å². The maximum Gasteiger partial charge on any atom is 0.223 e. The van der Waals surface area contributed by atoms with Crippen LogP contribution in [-0.4, -0.2) is 23.9 Å². The van der Waals surface area contributed by atoms with Crippen molar-refractivity contribution in [3.8, 4) is 0 Å². The average molecular weight is 255 g/mol. The van der Waals surface area contributed by atoms with Gasteiger partial charge >= 0.3 is 0 Å². The summed E-state index contributed by atoms with van der Waals surface area (Å²) in [6.07, 6.45) is 4.32. The van der Waals surface area contributed by atoms with Gasteiger partial charge in [0.1, 0.15) is 0 Å². The highest BCUT2D eigenvalue weighted by Crippen LogP contribution is 2.29. The molecule has 0 aromatic rings. The van der Waals surface area contributed by atoms with E-state index in [9.17, 15) is 9.59 Å². The minimum atomic E-state index is -0.393. The quantitative estimate of drug-likeness (QED) is 0.668. The molecule has 0 radical (unpaired) electrons. The molecular formula is C13H25N3O2. The molecule has 0 spiro atoms. The molecule has 0 aromatic carbocycles. The average Bonchev–Trinajstić information content (AvgIpc) is 2.26. The largest absolute Gasteiger partial charge is 0.370 e. The lowest BCUT2D eigenvalue weighted by atomic mass is 9.78. The van der Waals surface area contributed by atoms with Crippen molar-refractivity contribution in [3.63, 3.8) is 0 Å². The normalized spacial score (nSPS) is 27.3. The first-order valence-electron chi connectivity index (χ1n) is 6.74. The highest BCUT2D eigenvalue weighted by atomic mass is 16.2. The molecule has 4 unspecified atom stereocenters. The van der Waals surface area contributed by atoms with Gasteiger partial charge in [-0.1, -0.05) is 13.3 Å². The van der Waals surface area contributed by atoms with Crippen LogP contribution in [0.3, 0.4) is 0 Å². The second kappa shape index (κ2) is 6.73. The van der Waals surface area contributed by atoms with Crippen molar-refractivity contribution >= 4 is 11.8 Å². The smallest absolute Gasteiger partial charge is 0.223 e. The maximum atomic E-state index is 12.0. The van der Waals surface area contributed by atoms with Crippen LogP contribution in [0.25, 0.3) is 0 Å². The fraction of sp³-hybridized carbons (Fsp3) is 0.846. The van der Waals surface area contributed by atoms with E-state index in [2.05, 4.69) is 5.32 Å². The highest BCUT2D eigenvalue weighted by molar-refractivity contribution is 5.80. The molecule has 0 heterocycles. The van der Waals surface area contributed by atoms with Gasteiger partial charge in [0, 0.05) is 24.4 Å². The molecule has 4 atom stereocenters. The van der Waals surface area contributed by atoms with Crippen LogP contribution in [0.4, 0.5) is 0 Å². The third-order valence-electron chi connectivity index (χ3n) is 3.77. The van der Waals surface area contributed by atoms with Crippen LogP contribution >= 0.6 is 0 Å². The molecule has 0 aliphatic heterocycles. The Balaban J connectivity index is 2.42. The molecule has 5 heteroatoms. The molecule has 5 N–H and O–H groups in total. The molecule has 1 aliphatic rings. The van der Waals surface area contributed by atoms with Crippen LogP contribution in [0.1, 0.15) is 46.0 Å². The summed E-state index contributed by atoms with van der Waals surface area (Å²) in [6, 6.07) is 0.0248. The summed E-state index contributed by atoms with van der Waals surface area (Å²) >= 11 is 0. The van der Waals surface area contributed by atoms with Gasteiger partial charge in [0.25, 0.3) is 0 Å². The standard InChI is InChI=1S/C13H25N3O2/c1-8(6-12(15)17)16-13(18)9(2)10-4-3-5-11(14)7-10/h8-11H,3-7,14H2,1-2H3,(H2,15,17)(H,16,18). The zero-order valence-corrected chi connectivity index (χ0v) is 11.3. The number of nitrogens with one attached hydrogen (secondary N) is 1. The van der Waals surface area contributed by atoms with Crippen LogP contribution in [0.15, 0.2) is 0 Å². The van der Waals surface area contributed by atoms with Gasteiger partial charge in [0.15, 0.2) is 0 Å². The van der Waals surface area contributed by atoms with E-state index in [1.807, 2.05) is 6.92 Å². The minimum absolute atomic E-state index is 0.00264. The van der Waals surface area contributed by atoms with Gasteiger partial charge < -0.3 is 16.8 Å². The lowest BCUT2D eigenvalue weighted by Crippen LogP contribution is -2.42. The lowest BCUT2D eigenvalue weighted by Gasteiger charge is -2.31. The monoisotopic (exact) mass is 255 g/mol. The lowest BCUT2D eigenvalue weighted by molar-refractivity contribution is -0.127. The van der Waals surface area contributed by atoms with E-state index in [0.29, 0.717) is 5.92 Å². The zero-order chi connectivity index (χ0) is 13.7. The summed E-state index contributed by atoms with van der Waals surface area (Å²) < 4.78 is 0. The SMILES string of the molecule is CC(CC(N)=O)NC(=O)C(C)C1CCCC(N)C1. The van der Waals surface area contributed by atoms with Crippen molar-refractivity contribution in [1.29, 1.82) is 0 Å². The predicted molar refractivity (Wildman–Crippen MR) is 70.5 cm³/mol. The van der Waals surface area contributed by atoms with Gasteiger partial charge in [0.2, 0.25) is 11.8 Å². The number of nitrogens with two attached hydrogens (primary N) is 2. The maximum absolute atomic E-state index is 12.0. The summed E-state index contributed by atoms with van der Waals surface area (Å²) in [5, 5.41) is 2.84. The minimum Gasteiger partial charge on any atom is -0.370 e. The molecule has 1 rings (SSSR count). The second-order valence-electron chi connectivity index (χ2n) is 5.56. The number of amides is 2. The second-order valence-corrected chi connectivity index (χ2v) is 5.56. The van der Waals surface area contributed by atoms with Gasteiger partial charge in [-0.15, -0.1) is 0 Å². The first kappa shape index (κ1) is 15.0. The van der Waals surface area contributed by atoms with Gasteiger partial charge in [-0.05, 0) is 32.1 Å². The van der Waals surface area contributed by atoms with Gasteiger partial charge in [-0.3, -0.25) is 9.59 Å². The first-order valence-corrected chi connectivity index (χ1v) is 6.74. The number of hydrogen-bond acceptors (Lipinski definition) is 3. The van der Waals surface area contributed by atoms with E-state index >= 15 is 0 Å². The molecule has 5 nitrogen and oxygen atoms in total. The third kappa shape index (κ3) is 4.64. The van der Waals surface area contributed by atoms with E-state index in [1.54, 1.807) is 6.92 Å². The Kier molecular flexibility index (Phi) is 5.59. The van der Waals surface area contributed by atoms with Crippen molar-refractivity contribution < 1.29 is 9.59 Å². The summed E-state index contributed by atoms with van der Waals surface area (Å²) in [5.74, 6) is -0.0841. The van der Waals surface area contributed by atoms with Crippen LogP contribution in [0, 0.1) is 11.8 Å². The molecule has 0 bridgehead atoms. The molecule has 1 aliphatic carbocycles. The Morgan fingerprint density at radius 3 is 2.56 bits per heavy atom. The fourth-order valence-electron chi connectivity index (χ4n) is 2.66. The first-order chi connectivity index (χ1) is 8.40. The summed E-state index contributed by atoms with van der Waals surface area (Å²) in [5.41, 5.74) is 11.0. The van der Waals surface area contributed by atoms with Crippen LogP contribution < -0.4 is 16.8 Å². The molecule has 1 fully saturated rings. The van der Waals surface area contributed by atoms with Crippen molar-refractivity contribution in [1.82, 2.24) is 5.32 Å². The summed E-state index contributed by atoms with van der Waals surface area (Å²) in [6.45, 7) is 3.73. The van der Waals surface area contributed by atoms with Crippen molar-refractivity contribution in [2.75, 3.05) is 0 Å². The third-order valence-corrected chi connectivity index (χ3v) is 3.77. The number of carbonyl (C=O) groups is 2. The Hall–Kier alpha value is -1.10. The van der Waals surface area contributed by atoms with Crippen molar-refractivity contribution in [2.45, 2.75) is 58.0 Å². The van der Waals surface area contributed by atoms with Crippen LogP contribution in [-0.2, 0) is 9.59 Å². The number of hydrogen-bond donors (Lipinski definition) is 3. The topological polar surface area (TPSA) is 98.2 Å². The Bertz CT molecular complexity index is 307. The number of carbonyl (C=O) groups excluding carboxylic acids is 2. The van der Waals surface area contributed by atoms with E-state index in [-0.39, 0.29) is 30.3 Å². The zero-order valence-electron chi connectivity index (χ0n) is 11.3. The van der Waals surface area contributed by atoms with Gasteiger partial charge in [-0.25, -0.2) is 0 Å². The Morgan fingerprint density at radius 1 is 1.33 bits per heavy atom. The van der Waals surface area contributed by atoms with Crippen molar-refractivity contribution in [2.24, 2.45) is 23.3 Å². The Morgan fingerprint density at radius 2 is 2.00 bits per heavy atom. The Labute approximate surface area is 109 Å². The summed E-state index contributed by atoms with van der Waals surface area (Å²) in [7, 11) is 0.